The van der Waals surface area contributed by atoms with E-state index in [9.17, 15) is 0 Å². The van der Waals surface area contributed by atoms with Crippen molar-refractivity contribution in [1.82, 2.24) is 0 Å². The number of hydrogen-bond acceptors (Lipinski definition) is 0. The summed E-state index contributed by atoms with van der Waals surface area (Å²) < 4.78 is 1.83. The Morgan fingerprint density at radius 2 is 1.56 bits per heavy atom. The summed E-state index contributed by atoms with van der Waals surface area (Å²) >= 11 is 13.2. The Balaban J connectivity index is 2.46. The maximum absolute atomic E-state index is 6.22. The molecule has 0 nitrogen and oxygen atoms in total. The minimum absolute atomic E-state index is 0.552. The maximum Gasteiger partial charge on any atom is 0.0696 e. The van der Waals surface area contributed by atoms with Gasteiger partial charge >= 0.3 is 0 Å². The van der Waals surface area contributed by atoms with Gasteiger partial charge in [-0.05, 0) is 60.5 Å². The van der Waals surface area contributed by atoms with Crippen LogP contribution in [-0.4, -0.2) is 0 Å². The van der Waals surface area contributed by atoms with Gasteiger partial charge in [0.05, 0.1) is 5.02 Å². The molecule has 2 aromatic rings. The molecule has 0 amide bonds. The average molecular weight is 389 g/mol. The molecule has 0 spiro atoms. The summed E-state index contributed by atoms with van der Waals surface area (Å²) in [6.45, 7) is 4.39. The van der Waals surface area contributed by atoms with Crippen LogP contribution in [0.2, 0.25) is 5.02 Å². The summed E-state index contributed by atoms with van der Waals surface area (Å²) in [7, 11) is 0. The number of benzene rings is 2. The van der Waals surface area contributed by atoms with Crippen molar-refractivity contribution in [1.29, 1.82) is 0 Å². The molecule has 0 aliphatic carbocycles. The Morgan fingerprint density at radius 3 is 2.11 bits per heavy atom. The SMILES string of the molecule is CC(C)c1ccc(-c2ccc(Br)c(Cl)c2Br)cc1. The molecular formula is C15H13Br2Cl. The van der Waals surface area contributed by atoms with E-state index in [1.165, 1.54) is 11.1 Å². The third-order valence-corrected chi connectivity index (χ3v) is 5.26. The van der Waals surface area contributed by atoms with Crippen molar-refractivity contribution < 1.29 is 0 Å². The quantitative estimate of drug-likeness (QED) is 0.505. The highest BCUT2D eigenvalue weighted by molar-refractivity contribution is 9.11. The first-order valence-corrected chi connectivity index (χ1v) is 7.71. The Hall–Kier alpha value is -0.310. The molecule has 0 aliphatic heterocycles. The lowest BCUT2D eigenvalue weighted by atomic mass is 9.99. The van der Waals surface area contributed by atoms with Crippen LogP contribution in [-0.2, 0) is 0 Å². The Labute approximate surface area is 130 Å². The molecule has 0 aliphatic rings. The Morgan fingerprint density at radius 1 is 0.944 bits per heavy atom. The summed E-state index contributed by atoms with van der Waals surface area (Å²) in [5, 5.41) is 0.709. The van der Waals surface area contributed by atoms with E-state index in [0.717, 1.165) is 14.5 Å². The van der Waals surface area contributed by atoms with Gasteiger partial charge in [-0.15, -0.1) is 0 Å². The topological polar surface area (TPSA) is 0 Å². The van der Waals surface area contributed by atoms with Crippen molar-refractivity contribution >= 4 is 43.5 Å². The average Bonchev–Trinajstić information content (AvgIpc) is 2.36. The molecule has 0 radical (unpaired) electrons. The summed E-state index contributed by atoms with van der Waals surface area (Å²) in [5.74, 6) is 0.552. The zero-order valence-corrected chi connectivity index (χ0v) is 14.1. The van der Waals surface area contributed by atoms with Gasteiger partial charge in [-0.2, -0.15) is 0 Å². The Bertz CT molecular complexity index is 559. The monoisotopic (exact) mass is 386 g/mol. The summed E-state index contributed by atoms with van der Waals surface area (Å²) in [4.78, 5) is 0. The molecule has 0 N–H and O–H groups in total. The van der Waals surface area contributed by atoms with E-state index in [1.807, 2.05) is 6.07 Å². The molecule has 0 saturated carbocycles. The second kappa shape index (κ2) is 5.77. The lowest BCUT2D eigenvalue weighted by Crippen LogP contribution is -1.87. The molecule has 0 heterocycles. The van der Waals surface area contributed by atoms with Crippen LogP contribution in [0.4, 0.5) is 0 Å². The highest BCUT2D eigenvalue weighted by atomic mass is 79.9. The van der Waals surface area contributed by atoms with Crippen molar-refractivity contribution in [3.05, 3.63) is 55.9 Å². The van der Waals surface area contributed by atoms with Gasteiger partial charge in [0, 0.05) is 8.95 Å². The predicted octanol–water partition coefficient (Wildman–Crippen LogP) is 6.66. The minimum Gasteiger partial charge on any atom is -0.0818 e. The zero-order chi connectivity index (χ0) is 13.3. The molecule has 0 aromatic heterocycles. The van der Waals surface area contributed by atoms with Crippen molar-refractivity contribution in [2.45, 2.75) is 19.8 Å². The van der Waals surface area contributed by atoms with Crippen LogP contribution in [0.15, 0.2) is 45.3 Å². The van der Waals surface area contributed by atoms with Crippen LogP contribution in [0.5, 0.6) is 0 Å². The fourth-order valence-electron chi connectivity index (χ4n) is 1.80. The largest absolute Gasteiger partial charge is 0.0818 e. The van der Waals surface area contributed by atoms with E-state index in [0.29, 0.717) is 10.9 Å². The summed E-state index contributed by atoms with van der Waals surface area (Å²) in [6, 6.07) is 12.6. The fourth-order valence-corrected chi connectivity index (χ4v) is 3.13. The normalized spacial score (nSPS) is 11.0. The van der Waals surface area contributed by atoms with Crippen LogP contribution in [0, 0.1) is 0 Å². The smallest absolute Gasteiger partial charge is 0.0696 e. The van der Waals surface area contributed by atoms with Gasteiger partial charge in [0.1, 0.15) is 0 Å². The molecule has 18 heavy (non-hydrogen) atoms. The van der Waals surface area contributed by atoms with Gasteiger partial charge < -0.3 is 0 Å². The van der Waals surface area contributed by atoms with Gasteiger partial charge in [0.25, 0.3) is 0 Å². The van der Waals surface area contributed by atoms with Gasteiger partial charge in [0.2, 0.25) is 0 Å². The van der Waals surface area contributed by atoms with E-state index >= 15 is 0 Å². The van der Waals surface area contributed by atoms with Crippen LogP contribution in [0.3, 0.4) is 0 Å². The summed E-state index contributed by atoms with van der Waals surface area (Å²) in [5.41, 5.74) is 3.62. The third kappa shape index (κ3) is 2.81. The van der Waals surface area contributed by atoms with Crippen molar-refractivity contribution in [3.8, 4) is 11.1 Å². The molecule has 0 atom stereocenters. The third-order valence-electron chi connectivity index (χ3n) is 2.92. The molecule has 0 fully saturated rings. The molecule has 2 aromatic carbocycles. The van der Waals surface area contributed by atoms with Crippen LogP contribution in [0.25, 0.3) is 11.1 Å². The number of rotatable bonds is 2. The van der Waals surface area contributed by atoms with Crippen LogP contribution >= 0.6 is 43.5 Å². The van der Waals surface area contributed by atoms with Gasteiger partial charge in [-0.1, -0.05) is 55.8 Å². The van der Waals surface area contributed by atoms with Gasteiger partial charge in [-0.3, -0.25) is 0 Å². The Kier molecular flexibility index (Phi) is 4.52. The van der Waals surface area contributed by atoms with E-state index in [4.69, 9.17) is 11.6 Å². The molecule has 2 rings (SSSR count). The van der Waals surface area contributed by atoms with Crippen molar-refractivity contribution in [2.24, 2.45) is 0 Å². The lowest BCUT2D eigenvalue weighted by molar-refractivity contribution is 0.867. The fraction of sp³-hybridized carbons (Fsp3) is 0.200. The number of halogens is 3. The summed E-state index contributed by atoms with van der Waals surface area (Å²) in [6.07, 6.45) is 0. The van der Waals surface area contributed by atoms with E-state index < -0.39 is 0 Å². The molecule has 0 bridgehead atoms. The van der Waals surface area contributed by atoms with Gasteiger partial charge in [-0.25, -0.2) is 0 Å². The standard InChI is InChI=1S/C15H13Br2Cl/c1-9(2)10-3-5-11(6-4-10)12-7-8-13(16)15(18)14(12)17/h3-9H,1-2H3. The lowest BCUT2D eigenvalue weighted by Gasteiger charge is -2.10. The molecule has 0 saturated heterocycles. The predicted molar refractivity (Wildman–Crippen MR) is 86.4 cm³/mol. The maximum atomic E-state index is 6.22. The first kappa shape index (κ1) is 14.1. The first-order chi connectivity index (χ1) is 8.50. The van der Waals surface area contributed by atoms with E-state index in [-0.39, 0.29) is 0 Å². The highest BCUT2D eigenvalue weighted by Gasteiger charge is 2.10. The van der Waals surface area contributed by atoms with Crippen LogP contribution in [0.1, 0.15) is 25.3 Å². The minimum atomic E-state index is 0.552. The molecular weight excluding hydrogens is 375 g/mol. The van der Waals surface area contributed by atoms with Crippen molar-refractivity contribution in [2.75, 3.05) is 0 Å². The highest BCUT2D eigenvalue weighted by Crippen LogP contribution is 2.38. The molecule has 3 heteroatoms. The van der Waals surface area contributed by atoms with Gasteiger partial charge in [0.15, 0.2) is 0 Å². The van der Waals surface area contributed by atoms with Crippen molar-refractivity contribution in [3.63, 3.8) is 0 Å². The van der Waals surface area contributed by atoms with Crippen LogP contribution < -0.4 is 0 Å². The van der Waals surface area contributed by atoms with E-state index in [1.54, 1.807) is 0 Å². The molecule has 0 unspecified atom stereocenters. The zero-order valence-electron chi connectivity index (χ0n) is 10.2. The first-order valence-electron chi connectivity index (χ1n) is 5.74. The second-order valence-corrected chi connectivity index (χ2v) is 6.52. The van der Waals surface area contributed by atoms with E-state index in [2.05, 4.69) is 76.0 Å². The number of hydrogen-bond donors (Lipinski definition) is 0. The molecule has 94 valence electrons. The second-order valence-electron chi connectivity index (χ2n) is 4.50.